The Balaban J connectivity index is 1.92. The van der Waals surface area contributed by atoms with Crippen molar-refractivity contribution in [1.82, 2.24) is 14.1 Å². The molecule has 1 amide bonds. The molecule has 1 N–H and O–H groups in total. The van der Waals surface area contributed by atoms with Gasteiger partial charge >= 0.3 is 0 Å². The standard InChI is InChI=1S/C23H26N4O4S/c1-4-26(5-2)32(30,31)21-15-18(12-11-17(21)3)20-13-14-23(29)27(25-20)16-22(28)24-19-9-7-6-8-10-19/h6-15H,4-5,16H2,1-3H3,(H,24,28). The van der Waals surface area contributed by atoms with Gasteiger partial charge in [0.1, 0.15) is 6.54 Å². The molecule has 0 aliphatic rings. The highest BCUT2D eigenvalue weighted by Crippen LogP contribution is 2.25. The van der Waals surface area contributed by atoms with Crippen molar-refractivity contribution in [3.8, 4) is 11.3 Å². The van der Waals surface area contributed by atoms with E-state index in [9.17, 15) is 18.0 Å². The highest BCUT2D eigenvalue weighted by Gasteiger charge is 2.24. The first kappa shape index (κ1) is 23.4. The van der Waals surface area contributed by atoms with Crippen molar-refractivity contribution < 1.29 is 13.2 Å². The first-order valence-electron chi connectivity index (χ1n) is 10.3. The van der Waals surface area contributed by atoms with Crippen LogP contribution < -0.4 is 10.9 Å². The zero-order valence-corrected chi connectivity index (χ0v) is 19.1. The number of aromatic nitrogens is 2. The number of amides is 1. The van der Waals surface area contributed by atoms with Gasteiger partial charge in [-0.25, -0.2) is 13.1 Å². The van der Waals surface area contributed by atoms with Crippen LogP contribution >= 0.6 is 0 Å². The molecule has 0 saturated heterocycles. The Kier molecular flexibility index (Phi) is 7.22. The van der Waals surface area contributed by atoms with E-state index in [1.165, 1.54) is 16.4 Å². The fourth-order valence-corrected chi connectivity index (χ4v) is 5.02. The van der Waals surface area contributed by atoms with Gasteiger partial charge in [-0.05, 0) is 36.8 Å². The van der Waals surface area contributed by atoms with Gasteiger partial charge in [-0.2, -0.15) is 9.40 Å². The van der Waals surface area contributed by atoms with Crippen LogP contribution in [0.15, 0.2) is 70.4 Å². The van der Waals surface area contributed by atoms with E-state index in [-0.39, 0.29) is 11.4 Å². The quantitative estimate of drug-likeness (QED) is 0.564. The summed E-state index contributed by atoms with van der Waals surface area (Å²) >= 11 is 0. The Labute approximate surface area is 187 Å². The summed E-state index contributed by atoms with van der Waals surface area (Å²) in [7, 11) is -3.66. The van der Waals surface area contributed by atoms with Crippen LogP contribution in [0.1, 0.15) is 19.4 Å². The van der Waals surface area contributed by atoms with Gasteiger partial charge in [-0.3, -0.25) is 9.59 Å². The summed E-state index contributed by atoms with van der Waals surface area (Å²) in [4.78, 5) is 24.8. The zero-order valence-electron chi connectivity index (χ0n) is 18.3. The van der Waals surface area contributed by atoms with Crippen LogP contribution in [0.25, 0.3) is 11.3 Å². The van der Waals surface area contributed by atoms with E-state index in [0.717, 1.165) is 4.68 Å². The number of aryl methyl sites for hydroxylation is 1. The van der Waals surface area contributed by atoms with Crippen LogP contribution in [0, 0.1) is 6.92 Å². The minimum Gasteiger partial charge on any atom is -0.324 e. The van der Waals surface area contributed by atoms with E-state index in [1.807, 2.05) is 6.07 Å². The van der Waals surface area contributed by atoms with Crippen molar-refractivity contribution in [1.29, 1.82) is 0 Å². The first-order chi connectivity index (χ1) is 15.3. The second-order valence-electron chi connectivity index (χ2n) is 7.20. The minimum atomic E-state index is -3.66. The molecular weight excluding hydrogens is 428 g/mol. The molecule has 1 heterocycles. The lowest BCUT2D eigenvalue weighted by Crippen LogP contribution is -2.31. The predicted molar refractivity (Wildman–Crippen MR) is 124 cm³/mol. The molecule has 8 nitrogen and oxygen atoms in total. The number of carbonyl (C=O) groups is 1. The fourth-order valence-electron chi connectivity index (χ4n) is 3.31. The van der Waals surface area contributed by atoms with Gasteiger partial charge in [0.15, 0.2) is 0 Å². The van der Waals surface area contributed by atoms with Crippen molar-refractivity contribution in [2.45, 2.75) is 32.2 Å². The maximum absolute atomic E-state index is 13.0. The van der Waals surface area contributed by atoms with E-state index in [0.29, 0.717) is 35.6 Å². The third-order valence-corrected chi connectivity index (χ3v) is 7.22. The molecule has 3 aromatic rings. The van der Waals surface area contributed by atoms with Crippen molar-refractivity contribution >= 4 is 21.6 Å². The maximum Gasteiger partial charge on any atom is 0.267 e. The normalized spacial score (nSPS) is 11.5. The van der Waals surface area contributed by atoms with Gasteiger partial charge in [-0.15, -0.1) is 0 Å². The number of nitrogens with zero attached hydrogens (tertiary/aromatic N) is 3. The minimum absolute atomic E-state index is 0.195. The summed E-state index contributed by atoms with van der Waals surface area (Å²) in [5, 5.41) is 7.01. The number of anilines is 1. The van der Waals surface area contributed by atoms with Crippen LogP contribution in [0.2, 0.25) is 0 Å². The lowest BCUT2D eigenvalue weighted by Gasteiger charge is -2.20. The molecule has 1 aromatic heterocycles. The summed E-state index contributed by atoms with van der Waals surface area (Å²) in [5.41, 5.74) is 1.74. The van der Waals surface area contributed by atoms with Crippen molar-refractivity contribution in [3.63, 3.8) is 0 Å². The molecule has 9 heteroatoms. The Morgan fingerprint density at radius 2 is 1.72 bits per heavy atom. The van der Waals surface area contributed by atoms with Gasteiger partial charge in [0, 0.05) is 30.4 Å². The third-order valence-electron chi connectivity index (χ3n) is 5.02. The second-order valence-corrected chi connectivity index (χ2v) is 9.10. The molecule has 0 aliphatic heterocycles. The molecule has 0 atom stereocenters. The van der Waals surface area contributed by atoms with Gasteiger partial charge < -0.3 is 5.32 Å². The number of carbonyl (C=O) groups excluding carboxylic acids is 1. The Bertz CT molecular complexity index is 1270. The summed E-state index contributed by atoms with van der Waals surface area (Å²) in [6.45, 7) is 5.78. The monoisotopic (exact) mass is 454 g/mol. The first-order valence-corrected chi connectivity index (χ1v) is 11.7. The predicted octanol–water partition coefficient (Wildman–Crippen LogP) is 2.89. The van der Waals surface area contributed by atoms with Crippen molar-refractivity contribution in [3.05, 3.63) is 76.6 Å². The molecular formula is C23H26N4O4S. The van der Waals surface area contributed by atoms with Crippen LogP contribution in [-0.4, -0.2) is 41.5 Å². The smallest absolute Gasteiger partial charge is 0.267 e. The van der Waals surface area contributed by atoms with Crippen molar-refractivity contribution in [2.75, 3.05) is 18.4 Å². The Hall–Kier alpha value is -3.30. The van der Waals surface area contributed by atoms with E-state index < -0.39 is 21.5 Å². The fraction of sp³-hybridized carbons (Fsp3) is 0.261. The summed E-state index contributed by atoms with van der Waals surface area (Å²) in [6.07, 6.45) is 0. The molecule has 32 heavy (non-hydrogen) atoms. The third kappa shape index (κ3) is 5.12. The SMILES string of the molecule is CCN(CC)S(=O)(=O)c1cc(-c2ccc(=O)n(CC(=O)Nc3ccccc3)n2)ccc1C. The second kappa shape index (κ2) is 9.88. The molecule has 168 valence electrons. The highest BCUT2D eigenvalue weighted by molar-refractivity contribution is 7.89. The average Bonchev–Trinajstić information content (AvgIpc) is 2.77. The van der Waals surface area contributed by atoms with Crippen LogP contribution in [0.5, 0.6) is 0 Å². The van der Waals surface area contributed by atoms with Gasteiger partial charge in [0.25, 0.3) is 5.56 Å². The Morgan fingerprint density at radius 3 is 2.38 bits per heavy atom. The number of sulfonamides is 1. The summed E-state index contributed by atoms with van der Waals surface area (Å²) in [5.74, 6) is -0.392. The molecule has 0 saturated carbocycles. The molecule has 3 rings (SSSR count). The highest BCUT2D eigenvalue weighted by atomic mass is 32.2. The van der Waals surface area contributed by atoms with Crippen LogP contribution in [-0.2, 0) is 21.4 Å². The summed E-state index contributed by atoms with van der Waals surface area (Å²) in [6, 6.07) is 16.8. The average molecular weight is 455 g/mol. The number of hydrogen-bond acceptors (Lipinski definition) is 5. The van der Waals surface area contributed by atoms with Gasteiger partial charge in [0.05, 0.1) is 10.6 Å². The van der Waals surface area contributed by atoms with E-state index in [1.54, 1.807) is 63.2 Å². The van der Waals surface area contributed by atoms with Crippen LogP contribution in [0.4, 0.5) is 5.69 Å². The number of nitrogens with one attached hydrogen (secondary N) is 1. The molecule has 0 radical (unpaired) electrons. The number of benzene rings is 2. The maximum atomic E-state index is 13.0. The van der Waals surface area contributed by atoms with Crippen LogP contribution in [0.3, 0.4) is 0 Å². The van der Waals surface area contributed by atoms with E-state index in [4.69, 9.17) is 0 Å². The number of para-hydroxylation sites is 1. The molecule has 0 bridgehead atoms. The zero-order chi connectivity index (χ0) is 23.3. The van der Waals surface area contributed by atoms with E-state index in [2.05, 4.69) is 10.4 Å². The summed E-state index contributed by atoms with van der Waals surface area (Å²) < 4.78 is 28.5. The van der Waals surface area contributed by atoms with E-state index >= 15 is 0 Å². The molecule has 0 aliphatic carbocycles. The van der Waals surface area contributed by atoms with Crippen molar-refractivity contribution in [2.24, 2.45) is 0 Å². The number of rotatable bonds is 8. The van der Waals surface area contributed by atoms with Gasteiger partial charge in [0.2, 0.25) is 15.9 Å². The van der Waals surface area contributed by atoms with Gasteiger partial charge in [-0.1, -0.05) is 44.2 Å². The molecule has 0 fully saturated rings. The lowest BCUT2D eigenvalue weighted by atomic mass is 10.1. The molecule has 0 spiro atoms. The number of hydrogen-bond donors (Lipinski definition) is 1. The molecule has 2 aromatic carbocycles. The molecule has 0 unspecified atom stereocenters. The largest absolute Gasteiger partial charge is 0.324 e. The topological polar surface area (TPSA) is 101 Å². The lowest BCUT2D eigenvalue weighted by molar-refractivity contribution is -0.117. The Morgan fingerprint density at radius 1 is 1.03 bits per heavy atom.